The summed E-state index contributed by atoms with van der Waals surface area (Å²) in [5, 5.41) is 11.8. The number of aliphatic hydroxyl groups is 1. The fourth-order valence-corrected chi connectivity index (χ4v) is 5.24. The summed E-state index contributed by atoms with van der Waals surface area (Å²) in [4.78, 5) is 14.6. The molecule has 0 radical (unpaired) electrons. The first-order chi connectivity index (χ1) is 13.5. The van der Waals surface area contributed by atoms with Crippen LogP contribution < -0.4 is 4.74 Å². The van der Waals surface area contributed by atoms with E-state index in [0.29, 0.717) is 23.1 Å². The van der Waals surface area contributed by atoms with Gasteiger partial charge in [-0.3, -0.25) is 0 Å². The number of rotatable bonds is 5. The summed E-state index contributed by atoms with van der Waals surface area (Å²) in [6.07, 6.45) is 4.43. The van der Waals surface area contributed by atoms with Crippen molar-refractivity contribution in [3.63, 3.8) is 0 Å². The molecule has 2 aliphatic rings. The van der Waals surface area contributed by atoms with Gasteiger partial charge in [0.15, 0.2) is 0 Å². The van der Waals surface area contributed by atoms with Crippen molar-refractivity contribution in [1.82, 2.24) is 4.90 Å². The number of carbonyl (C=O) groups is 1. The SMILES string of the molecule is CN(C)C[C@H]1[C@H]2CC[C@H](C2)C[C@]1(O)c1cccc(OC(=O)c2ccccc2)c1. The van der Waals surface area contributed by atoms with Crippen LogP contribution in [-0.4, -0.2) is 36.6 Å². The van der Waals surface area contributed by atoms with Crippen molar-refractivity contribution in [2.75, 3.05) is 20.6 Å². The predicted octanol–water partition coefficient (Wildman–Crippen LogP) is 4.09. The van der Waals surface area contributed by atoms with Crippen molar-refractivity contribution in [1.29, 1.82) is 0 Å². The van der Waals surface area contributed by atoms with E-state index >= 15 is 0 Å². The lowest BCUT2D eigenvalue weighted by Crippen LogP contribution is -2.47. The molecule has 0 aromatic heterocycles. The second kappa shape index (κ2) is 7.69. The molecule has 4 nitrogen and oxygen atoms in total. The highest BCUT2D eigenvalue weighted by Crippen LogP contribution is 2.54. The van der Waals surface area contributed by atoms with E-state index in [-0.39, 0.29) is 11.9 Å². The number of esters is 1. The number of hydrogen-bond acceptors (Lipinski definition) is 4. The summed E-state index contributed by atoms with van der Waals surface area (Å²) in [5.41, 5.74) is 0.519. The molecule has 0 aliphatic heterocycles. The highest BCUT2D eigenvalue weighted by atomic mass is 16.5. The molecule has 4 atom stereocenters. The minimum Gasteiger partial charge on any atom is -0.423 e. The molecule has 0 spiro atoms. The Morgan fingerprint density at radius 3 is 2.68 bits per heavy atom. The van der Waals surface area contributed by atoms with Gasteiger partial charge in [-0.25, -0.2) is 4.79 Å². The molecule has 2 aromatic rings. The highest BCUT2D eigenvalue weighted by molar-refractivity contribution is 5.90. The van der Waals surface area contributed by atoms with Crippen LogP contribution in [0, 0.1) is 17.8 Å². The first-order valence-corrected chi connectivity index (χ1v) is 10.2. The lowest BCUT2D eigenvalue weighted by atomic mass is 9.66. The van der Waals surface area contributed by atoms with E-state index < -0.39 is 5.60 Å². The van der Waals surface area contributed by atoms with Gasteiger partial charge in [0.25, 0.3) is 0 Å². The summed E-state index contributed by atoms with van der Waals surface area (Å²) in [6.45, 7) is 0.863. The van der Waals surface area contributed by atoms with E-state index in [9.17, 15) is 9.90 Å². The van der Waals surface area contributed by atoms with Crippen LogP contribution in [0.25, 0.3) is 0 Å². The van der Waals surface area contributed by atoms with Crippen molar-refractivity contribution in [3.8, 4) is 5.75 Å². The minimum absolute atomic E-state index is 0.196. The quantitative estimate of drug-likeness (QED) is 0.628. The van der Waals surface area contributed by atoms with Gasteiger partial charge in [0, 0.05) is 12.5 Å². The molecule has 148 valence electrons. The van der Waals surface area contributed by atoms with Crippen molar-refractivity contribution in [2.45, 2.75) is 31.3 Å². The number of nitrogens with zero attached hydrogens (tertiary/aromatic N) is 1. The summed E-state index contributed by atoms with van der Waals surface area (Å²) in [6, 6.07) is 16.5. The average Bonchev–Trinajstić information content (AvgIpc) is 3.09. The maximum Gasteiger partial charge on any atom is 0.343 e. The Morgan fingerprint density at radius 2 is 1.93 bits per heavy atom. The Hall–Kier alpha value is -2.17. The standard InChI is InChI=1S/C24H29NO3/c1-25(2)16-22-19-12-11-17(13-19)15-24(22,27)20-9-6-10-21(14-20)28-23(26)18-7-4-3-5-8-18/h3-10,14,17,19,22,27H,11-13,15-16H2,1-2H3/t17-,19+,22+,24+/m1/s1. The minimum atomic E-state index is -0.872. The molecule has 2 aliphatic carbocycles. The van der Waals surface area contributed by atoms with Crippen molar-refractivity contribution >= 4 is 5.97 Å². The van der Waals surface area contributed by atoms with Crippen LogP contribution in [0.1, 0.15) is 41.6 Å². The van der Waals surface area contributed by atoms with Gasteiger partial charge >= 0.3 is 5.97 Å². The molecular formula is C24H29NO3. The van der Waals surface area contributed by atoms with E-state index in [0.717, 1.165) is 18.5 Å². The summed E-state index contributed by atoms with van der Waals surface area (Å²) in [7, 11) is 4.14. The lowest BCUT2D eigenvalue weighted by Gasteiger charge is -2.45. The fraction of sp³-hybridized carbons (Fsp3) is 0.458. The first-order valence-electron chi connectivity index (χ1n) is 10.2. The van der Waals surface area contributed by atoms with E-state index in [4.69, 9.17) is 4.74 Å². The van der Waals surface area contributed by atoms with Crippen LogP contribution in [-0.2, 0) is 5.60 Å². The third-order valence-corrected chi connectivity index (χ3v) is 6.48. The molecule has 2 aromatic carbocycles. The predicted molar refractivity (Wildman–Crippen MR) is 109 cm³/mol. The third-order valence-electron chi connectivity index (χ3n) is 6.48. The molecule has 2 saturated carbocycles. The zero-order valence-corrected chi connectivity index (χ0v) is 16.7. The van der Waals surface area contributed by atoms with Crippen molar-refractivity contribution < 1.29 is 14.6 Å². The van der Waals surface area contributed by atoms with Gasteiger partial charge in [-0.15, -0.1) is 0 Å². The average molecular weight is 380 g/mol. The number of ether oxygens (including phenoxy) is 1. The Bertz CT molecular complexity index is 835. The van der Waals surface area contributed by atoms with Gasteiger partial charge in [0.05, 0.1) is 11.2 Å². The molecule has 2 bridgehead atoms. The Kier molecular flexibility index (Phi) is 5.26. The van der Waals surface area contributed by atoms with Crippen LogP contribution in [0.2, 0.25) is 0 Å². The summed E-state index contributed by atoms with van der Waals surface area (Å²) >= 11 is 0. The zero-order chi connectivity index (χ0) is 19.7. The maximum absolute atomic E-state index is 12.4. The van der Waals surface area contributed by atoms with Crippen molar-refractivity contribution in [3.05, 3.63) is 65.7 Å². The monoisotopic (exact) mass is 379 g/mol. The molecule has 0 saturated heterocycles. The highest BCUT2D eigenvalue weighted by Gasteiger charge is 2.51. The van der Waals surface area contributed by atoms with E-state index in [1.54, 1.807) is 18.2 Å². The smallest absolute Gasteiger partial charge is 0.343 e. The van der Waals surface area contributed by atoms with E-state index in [2.05, 4.69) is 19.0 Å². The molecule has 0 heterocycles. The molecule has 0 unspecified atom stereocenters. The van der Waals surface area contributed by atoms with Gasteiger partial charge in [-0.2, -0.15) is 0 Å². The molecule has 1 N–H and O–H groups in total. The molecule has 4 heteroatoms. The molecule has 0 amide bonds. The third kappa shape index (κ3) is 3.71. The molecule has 2 fully saturated rings. The summed E-state index contributed by atoms with van der Waals surface area (Å²) < 4.78 is 5.60. The van der Waals surface area contributed by atoms with E-state index in [1.807, 2.05) is 36.4 Å². The molecule has 28 heavy (non-hydrogen) atoms. The zero-order valence-electron chi connectivity index (χ0n) is 16.7. The van der Waals surface area contributed by atoms with Crippen LogP contribution >= 0.6 is 0 Å². The lowest BCUT2D eigenvalue weighted by molar-refractivity contribution is -0.0892. The number of carbonyl (C=O) groups excluding carboxylic acids is 1. The normalized spacial score (nSPS) is 29.1. The second-order valence-corrected chi connectivity index (χ2v) is 8.72. The number of hydrogen-bond donors (Lipinski definition) is 1. The van der Waals surface area contributed by atoms with Crippen LogP contribution in [0.4, 0.5) is 0 Å². The largest absolute Gasteiger partial charge is 0.423 e. The molecule has 4 rings (SSSR count). The number of fused-ring (bicyclic) bond motifs is 2. The van der Waals surface area contributed by atoms with Crippen LogP contribution in [0.15, 0.2) is 54.6 Å². The topological polar surface area (TPSA) is 49.8 Å². The van der Waals surface area contributed by atoms with Crippen molar-refractivity contribution in [2.24, 2.45) is 17.8 Å². The van der Waals surface area contributed by atoms with E-state index in [1.165, 1.54) is 19.3 Å². The second-order valence-electron chi connectivity index (χ2n) is 8.72. The van der Waals surface area contributed by atoms with Crippen LogP contribution in [0.5, 0.6) is 5.75 Å². The van der Waals surface area contributed by atoms with Gasteiger partial charge in [-0.05, 0) is 75.0 Å². The fourth-order valence-electron chi connectivity index (χ4n) is 5.24. The Morgan fingerprint density at radius 1 is 1.14 bits per heavy atom. The maximum atomic E-state index is 12.4. The van der Waals surface area contributed by atoms with Gasteiger partial charge in [-0.1, -0.05) is 36.8 Å². The number of benzene rings is 2. The van der Waals surface area contributed by atoms with Crippen LogP contribution in [0.3, 0.4) is 0 Å². The van der Waals surface area contributed by atoms with Gasteiger partial charge in [0.2, 0.25) is 0 Å². The van der Waals surface area contributed by atoms with Gasteiger partial charge < -0.3 is 14.7 Å². The van der Waals surface area contributed by atoms with Gasteiger partial charge in [0.1, 0.15) is 5.75 Å². The Labute approximate surface area is 167 Å². The molecular weight excluding hydrogens is 350 g/mol. The first kappa shape index (κ1) is 19.2. The summed E-state index contributed by atoms with van der Waals surface area (Å²) in [5.74, 6) is 1.45. The Balaban J connectivity index is 1.61.